The van der Waals surface area contributed by atoms with Crippen LogP contribution in [0.3, 0.4) is 0 Å². The first kappa shape index (κ1) is 23.0. The molecule has 0 N–H and O–H groups in total. The molecule has 2 amide bonds. The molecule has 3 heterocycles. The fraction of sp³-hybridized carbons (Fsp3) is 0.481. The fourth-order valence-electron chi connectivity index (χ4n) is 5.56. The second kappa shape index (κ2) is 9.84. The maximum Gasteiger partial charge on any atom is 0.257 e. The Morgan fingerprint density at radius 3 is 2.62 bits per heavy atom. The molecule has 0 aliphatic carbocycles. The summed E-state index contributed by atoms with van der Waals surface area (Å²) < 4.78 is 25.4. The Hall–Kier alpha value is -2.77. The van der Waals surface area contributed by atoms with Crippen LogP contribution < -0.4 is 0 Å². The van der Waals surface area contributed by atoms with Crippen LogP contribution in [0.4, 0.5) is 4.39 Å². The maximum atomic E-state index is 13.9. The van der Waals surface area contributed by atoms with E-state index in [9.17, 15) is 14.0 Å². The summed E-state index contributed by atoms with van der Waals surface area (Å²) in [7, 11) is 0. The SMILES string of the molecule is O=C(Cc1cccc(F)c1)N1CCO[C@]2(C1)C(=O)N(CC1CCOCC1)C[C@H]2c1ccccc1. The van der Waals surface area contributed by atoms with Crippen LogP contribution in [0, 0.1) is 11.7 Å². The van der Waals surface area contributed by atoms with Gasteiger partial charge in [-0.25, -0.2) is 4.39 Å². The highest BCUT2D eigenvalue weighted by Gasteiger charge is 2.58. The summed E-state index contributed by atoms with van der Waals surface area (Å²) in [6, 6.07) is 16.1. The lowest BCUT2D eigenvalue weighted by molar-refractivity contribution is -0.167. The van der Waals surface area contributed by atoms with E-state index in [2.05, 4.69) is 0 Å². The van der Waals surface area contributed by atoms with Crippen LogP contribution in [-0.2, 0) is 25.5 Å². The molecule has 3 saturated heterocycles. The largest absolute Gasteiger partial charge is 0.381 e. The van der Waals surface area contributed by atoms with Crippen LogP contribution in [0.25, 0.3) is 0 Å². The minimum atomic E-state index is -1.09. The van der Waals surface area contributed by atoms with Crippen molar-refractivity contribution in [2.75, 3.05) is 46.0 Å². The number of likely N-dealkylation sites (tertiary alicyclic amines) is 1. The van der Waals surface area contributed by atoms with Gasteiger partial charge in [-0.2, -0.15) is 0 Å². The van der Waals surface area contributed by atoms with Crippen molar-refractivity contribution in [2.24, 2.45) is 5.92 Å². The van der Waals surface area contributed by atoms with Gasteiger partial charge >= 0.3 is 0 Å². The van der Waals surface area contributed by atoms with Gasteiger partial charge in [-0.05, 0) is 42.0 Å². The lowest BCUT2D eigenvalue weighted by Crippen LogP contribution is -2.59. The molecule has 0 bridgehead atoms. The average Bonchev–Trinajstić information content (AvgIpc) is 3.11. The first-order valence-corrected chi connectivity index (χ1v) is 12.1. The van der Waals surface area contributed by atoms with E-state index in [1.807, 2.05) is 35.2 Å². The van der Waals surface area contributed by atoms with Crippen molar-refractivity contribution >= 4 is 11.8 Å². The zero-order valence-electron chi connectivity index (χ0n) is 19.3. The molecule has 0 saturated carbocycles. The van der Waals surface area contributed by atoms with Crippen molar-refractivity contribution in [3.8, 4) is 0 Å². The summed E-state index contributed by atoms with van der Waals surface area (Å²) in [6.45, 7) is 3.67. The summed E-state index contributed by atoms with van der Waals surface area (Å²) >= 11 is 0. The Kier molecular flexibility index (Phi) is 6.66. The molecule has 2 atom stereocenters. The van der Waals surface area contributed by atoms with Crippen LogP contribution in [0.15, 0.2) is 54.6 Å². The third-order valence-corrected chi connectivity index (χ3v) is 7.38. The maximum absolute atomic E-state index is 13.9. The number of benzene rings is 2. The number of rotatable bonds is 5. The van der Waals surface area contributed by atoms with Crippen LogP contribution in [-0.4, -0.2) is 73.2 Å². The molecule has 1 spiro atoms. The molecule has 3 fully saturated rings. The number of hydrogen-bond donors (Lipinski definition) is 0. The Bertz CT molecular complexity index is 1030. The quantitative estimate of drug-likeness (QED) is 0.680. The number of nitrogens with zero attached hydrogens (tertiary/aromatic N) is 2. The molecule has 5 rings (SSSR count). The normalized spacial score (nSPS) is 25.8. The highest BCUT2D eigenvalue weighted by molar-refractivity contribution is 5.91. The van der Waals surface area contributed by atoms with E-state index in [1.54, 1.807) is 17.0 Å². The monoisotopic (exact) mass is 466 g/mol. The summed E-state index contributed by atoms with van der Waals surface area (Å²) in [4.78, 5) is 30.7. The zero-order valence-corrected chi connectivity index (χ0v) is 19.3. The highest BCUT2D eigenvalue weighted by atomic mass is 19.1. The minimum Gasteiger partial charge on any atom is -0.381 e. The van der Waals surface area contributed by atoms with E-state index in [4.69, 9.17) is 9.47 Å². The number of carbonyl (C=O) groups excluding carboxylic acids is 2. The number of hydrogen-bond acceptors (Lipinski definition) is 4. The number of morpholine rings is 1. The van der Waals surface area contributed by atoms with E-state index in [1.165, 1.54) is 12.1 Å². The Morgan fingerprint density at radius 1 is 1.06 bits per heavy atom. The molecule has 6 nitrogen and oxygen atoms in total. The molecule has 180 valence electrons. The first-order chi connectivity index (χ1) is 16.5. The highest BCUT2D eigenvalue weighted by Crippen LogP contribution is 2.42. The molecule has 2 aromatic carbocycles. The van der Waals surface area contributed by atoms with Gasteiger partial charge < -0.3 is 19.3 Å². The van der Waals surface area contributed by atoms with E-state index in [-0.39, 0.29) is 36.5 Å². The summed E-state index contributed by atoms with van der Waals surface area (Å²) in [5.41, 5.74) is 0.580. The van der Waals surface area contributed by atoms with Crippen molar-refractivity contribution < 1.29 is 23.5 Å². The van der Waals surface area contributed by atoms with Gasteiger partial charge in [-0.3, -0.25) is 9.59 Å². The van der Waals surface area contributed by atoms with Crippen molar-refractivity contribution in [1.29, 1.82) is 0 Å². The molecule has 0 unspecified atom stereocenters. The van der Waals surface area contributed by atoms with Crippen LogP contribution in [0.5, 0.6) is 0 Å². The van der Waals surface area contributed by atoms with Gasteiger partial charge in [-0.15, -0.1) is 0 Å². The number of halogens is 1. The predicted octanol–water partition coefficient (Wildman–Crippen LogP) is 3.02. The van der Waals surface area contributed by atoms with Gasteiger partial charge in [0.2, 0.25) is 5.91 Å². The van der Waals surface area contributed by atoms with Crippen LogP contribution in [0.1, 0.15) is 29.9 Å². The molecular formula is C27H31FN2O4. The zero-order chi connectivity index (χ0) is 23.5. The number of carbonyl (C=O) groups is 2. The predicted molar refractivity (Wildman–Crippen MR) is 125 cm³/mol. The van der Waals surface area contributed by atoms with E-state index in [0.717, 1.165) is 31.6 Å². The van der Waals surface area contributed by atoms with E-state index < -0.39 is 5.60 Å². The Labute approximate surface area is 199 Å². The lowest BCUT2D eigenvalue weighted by Gasteiger charge is -2.42. The minimum absolute atomic E-state index is 0.0314. The molecule has 3 aliphatic heterocycles. The number of amides is 2. The topological polar surface area (TPSA) is 59.1 Å². The second-order valence-corrected chi connectivity index (χ2v) is 9.59. The smallest absolute Gasteiger partial charge is 0.257 e. The van der Waals surface area contributed by atoms with Gasteiger partial charge in [0.1, 0.15) is 5.82 Å². The third-order valence-electron chi connectivity index (χ3n) is 7.38. The Balaban J connectivity index is 1.39. The van der Waals surface area contributed by atoms with Crippen molar-refractivity contribution in [3.63, 3.8) is 0 Å². The molecular weight excluding hydrogens is 435 g/mol. The third kappa shape index (κ3) is 4.59. The molecule has 2 aromatic rings. The molecule has 3 aliphatic rings. The first-order valence-electron chi connectivity index (χ1n) is 12.1. The van der Waals surface area contributed by atoms with Gasteiger partial charge in [0.25, 0.3) is 5.91 Å². The van der Waals surface area contributed by atoms with Crippen LogP contribution in [0.2, 0.25) is 0 Å². The second-order valence-electron chi connectivity index (χ2n) is 9.59. The summed E-state index contributed by atoms with van der Waals surface area (Å²) in [6.07, 6.45) is 2.00. The molecule has 7 heteroatoms. The summed E-state index contributed by atoms with van der Waals surface area (Å²) in [5, 5.41) is 0. The van der Waals surface area contributed by atoms with Crippen LogP contribution >= 0.6 is 0 Å². The number of ether oxygens (including phenoxy) is 2. The van der Waals surface area contributed by atoms with Crippen molar-refractivity contribution in [3.05, 3.63) is 71.5 Å². The average molecular weight is 467 g/mol. The van der Waals surface area contributed by atoms with Gasteiger partial charge in [0, 0.05) is 38.8 Å². The lowest BCUT2D eigenvalue weighted by atomic mass is 9.83. The van der Waals surface area contributed by atoms with Gasteiger partial charge in [-0.1, -0.05) is 42.5 Å². The van der Waals surface area contributed by atoms with Gasteiger partial charge in [0.05, 0.1) is 19.6 Å². The Morgan fingerprint density at radius 2 is 1.85 bits per heavy atom. The van der Waals surface area contributed by atoms with Gasteiger partial charge in [0.15, 0.2) is 5.60 Å². The van der Waals surface area contributed by atoms with Crippen molar-refractivity contribution in [2.45, 2.75) is 30.8 Å². The summed E-state index contributed by atoms with van der Waals surface area (Å²) in [5.74, 6) is -0.251. The van der Waals surface area contributed by atoms with E-state index >= 15 is 0 Å². The van der Waals surface area contributed by atoms with E-state index in [0.29, 0.717) is 37.7 Å². The fourth-order valence-corrected chi connectivity index (χ4v) is 5.56. The molecule has 34 heavy (non-hydrogen) atoms. The standard InChI is InChI=1S/C27H31FN2O4/c28-23-8-4-5-21(15-23)16-25(31)29-11-14-34-27(19-29)24(22-6-2-1-3-7-22)18-30(26(27)32)17-20-9-12-33-13-10-20/h1-8,15,20,24H,9-14,16-19H2/t24-,27-/m0/s1. The van der Waals surface area contributed by atoms with Crippen molar-refractivity contribution in [1.82, 2.24) is 9.80 Å². The molecule has 0 radical (unpaired) electrons. The molecule has 0 aromatic heterocycles.